The first-order valence-electron chi connectivity index (χ1n) is 5.07. The standard InChI is InChI=1S/C11H15BrN2O/c1-8-6-9(13)7-10(12)11(8)14-2-4-15-5-3-14/h6-7H,2-5,13H2,1H3. The fourth-order valence-corrected chi connectivity index (χ4v) is 2.78. The van der Waals surface area contributed by atoms with Crippen molar-refractivity contribution >= 4 is 27.3 Å². The molecule has 0 saturated carbocycles. The summed E-state index contributed by atoms with van der Waals surface area (Å²) in [5, 5.41) is 0. The Balaban J connectivity index is 2.33. The van der Waals surface area contributed by atoms with Crippen molar-refractivity contribution in [3.05, 3.63) is 22.2 Å². The minimum atomic E-state index is 0.802. The lowest BCUT2D eigenvalue weighted by Gasteiger charge is -2.31. The molecular weight excluding hydrogens is 256 g/mol. The Morgan fingerprint density at radius 2 is 2.00 bits per heavy atom. The number of ether oxygens (including phenoxy) is 1. The summed E-state index contributed by atoms with van der Waals surface area (Å²) in [7, 11) is 0. The average Bonchev–Trinajstić information content (AvgIpc) is 2.17. The van der Waals surface area contributed by atoms with Gasteiger partial charge in [0, 0.05) is 23.2 Å². The Hall–Kier alpha value is -0.740. The van der Waals surface area contributed by atoms with E-state index in [1.54, 1.807) is 0 Å². The maximum atomic E-state index is 5.78. The van der Waals surface area contributed by atoms with Gasteiger partial charge in [-0.25, -0.2) is 0 Å². The number of aryl methyl sites for hydroxylation is 1. The molecule has 0 aliphatic carbocycles. The molecule has 4 heteroatoms. The van der Waals surface area contributed by atoms with Crippen molar-refractivity contribution in [2.24, 2.45) is 0 Å². The maximum absolute atomic E-state index is 5.78. The largest absolute Gasteiger partial charge is 0.399 e. The minimum absolute atomic E-state index is 0.802. The van der Waals surface area contributed by atoms with Crippen molar-refractivity contribution in [3.63, 3.8) is 0 Å². The summed E-state index contributed by atoms with van der Waals surface area (Å²) in [4.78, 5) is 2.34. The van der Waals surface area contributed by atoms with Gasteiger partial charge in [0.25, 0.3) is 0 Å². The van der Waals surface area contributed by atoms with Crippen molar-refractivity contribution < 1.29 is 4.74 Å². The van der Waals surface area contributed by atoms with Gasteiger partial charge in [-0.15, -0.1) is 0 Å². The molecule has 1 aliphatic rings. The summed E-state index contributed by atoms with van der Waals surface area (Å²) in [5.74, 6) is 0. The van der Waals surface area contributed by atoms with Crippen molar-refractivity contribution in [2.75, 3.05) is 36.9 Å². The molecule has 1 saturated heterocycles. The number of benzene rings is 1. The van der Waals surface area contributed by atoms with E-state index in [-0.39, 0.29) is 0 Å². The topological polar surface area (TPSA) is 38.5 Å². The maximum Gasteiger partial charge on any atom is 0.0642 e. The van der Waals surface area contributed by atoms with Crippen molar-refractivity contribution in [2.45, 2.75) is 6.92 Å². The Kier molecular flexibility index (Phi) is 3.17. The second kappa shape index (κ2) is 4.41. The molecule has 1 aromatic rings. The molecule has 2 N–H and O–H groups in total. The zero-order chi connectivity index (χ0) is 10.8. The molecule has 3 nitrogen and oxygen atoms in total. The Morgan fingerprint density at radius 1 is 1.33 bits per heavy atom. The molecule has 2 rings (SSSR count). The molecule has 0 unspecified atom stereocenters. The summed E-state index contributed by atoms with van der Waals surface area (Å²) in [6.45, 7) is 5.59. The van der Waals surface area contributed by atoms with E-state index in [9.17, 15) is 0 Å². The zero-order valence-corrected chi connectivity index (χ0v) is 10.4. The van der Waals surface area contributed by atoms with Crippen LogP contribution in [0, 0.1) is 6.92 Å². The first-order valence-corrected chi connectivity index (χ1v) is 5.86. The van der Waals surface area contributed by atoms with Crippen LogP contribution in [0.1, 0.15) is 5.56 Å². The average molecular weight is 271 g/mol. The number of hydrogen-bond acceptors (Lipinski definition) is 3. The number of anilines is 2. The van der Waals surface area contributed by atoms with E-state index in [0.29, 0.717) is 0 Å². The Bertz CT molecular complexity index is 339. The highest BCUT2D eigenvalue weighted by molar-refractivity contribution is 9.10. The molecule has 15 heavy (non-hydrogen) atoms. The number of nitrogens with two attached hydrogens (primary N) is 1. The minimum Gasteiger partial charge on any atom is -0.399 e. The fourth-order valence-electron chi connectivity index (χ4n) is 1.95. The Morgan fingerprint density at radius 3 is 2.60 bits per heavy atom. The molecule has 0 aromatic heterocycles. The highest BCUT2D eigenvalue weighted by Gasteiger charge is 2.16. The third-order valence-corrected chi connectivity index (χ3v) is 3.21. The number of nitrogen functional groups attached to an aromatic ring is 1. The van der Waals surface area contributed by atoms with Gasteiger partial charge in [0.1, 0.15) is 0 Å². The first kappa shape index (κ1) is 10.8. The van der Waals surface area contributed by atoms with Crippen LogP contribution in [0.25, 0.3) is 0 Å². The van der Waals surface area contributed by atoms with Gasteiger partial charge in [-0.3, -0.25) is 0 Å². The number of nitrogens with zero attached hydrogens (tertiary/aromatic N) is 1. The van der Waals surface area contributed by atoms with Crippen LogP contribution in [0.15, 0.2) is 16.6 Å². The molecule has 1 aromatic carbocycles. The van der Waals surface area contributed by atoms with Gasteiger partial charge in [0.05, 0.1) is 18.9 Å². The van der Waals surface area contributed by atoms with E-state index in [4.69, 9.17) is 10.5 Å². The predicted octanol–water partition coefficient (Wildman–Crippen LogP) is 2.18. The molecule has 0 radical (unpaired) electrons. The van der Waals surface area contributed by atoms with Gasteiger partial charge in [-0.1, -0.05) is 0 Å². The van der Waals surface area contributed by atoms with E-state index in [2.05, 4.69) is 27.8 Å². The van der Waals surface area contributed by atoms with Gasteiger partial charge >= 0.3 is 0 Å². The van der Waals surface area contributed by atoms with Crippen LogP contribution in [-0.4, -0.2) is 26.3 Å². The van der Waals surface area contributed by atoms with Crippen LogP contribution in [-0.2, 0) is 4.74 Å². The first-order chi connectivity index (χ1) is 7.18. The number of halogens is 1. The van der Waals surface area contributed by atoms with Gasteiger partial charge in [-0.05, 0) is 40.5 Å². The van der Waals surface area contributed by atoms with E-state index in [1.165, 1.54) is 11.3 Å². The SMILES string of the molecule is Cc1cc(N)cc(Br)c1N1CCOCC1. The summed E-state index contributed by atoms with van der Waals surface area (Å²) in [6, 6.07) is 3.97. The molecule has 0 spiro atoms. The fraction of sp³-hybridized carbons (Fsp3) is 0.455. The van der Waals surface area contributed by atoms with Crippen LogP contribution in [0.3, 0.4) is 0 Å². The number of rotatable bonds is 1. The summed E-state index contributed by atoms with van der Waals surface area (Å²) in [5.41, 5.74) is 9.04. The lowest BCUT2D eigenvalue weighted by molar-refractivity contribution is 0.122. The lowest BCUT2D eigenvalue weighted by Crippen LogP contribution is -2.36. The highest BCUT2D eigenvalue weighted by Crippen LogP contribution is 2.32. The second-order valence-corrected chi connectivity index (χ2v) is 4.62. The zero-order valence-electron chi connectivity index (χ0n) is 8.79. The summed E-state index contributed by atoms with van der Waals surface area (Å²) in [6.07, 6.45) is 0. The van der Waals surface area contributed by atoms with Gasteiger partial charge in [-0.2, -0.15) is 0 Å². The van der Waals surface area contributed by atoms with Crippen molar-refractivity contribution in [1.82, 2.24) is 0 Å². The lowest BCUT2D eigenvalue weighted by atomic mass is 10.1. The number of hydrogen-bond donors (Lipinski definition) is 1. The van der Waals surface area contributed by atoms with Crippen LogP contribution in [0.5, 0.6) is 0 Å². The molecule has 1 aliphatic heterocycles. The quantitative estimate of drug-likeness (QED) is 0.796. The van der Waals surface area contributed by atoms with Crippen molar-refractivity contribution in [3.8, 4) is 0 Å². The molecule has 0 bridgehead atoms. The molecule has 82 valence electrons. The van der Waals surface area contributed by atoms with Gasteiger partial charge in [0.15, 0.2) is 0 Å². The second-order valence-electron chi connectivity index (χ2n) is 3.77. The van der Waals surface area contributed by atoms with E-state index in [0.717, 1.165) is 36.5 Å². The predicted molar refractivity (Wildman–Crippen MR) is 66.3 cm³/mol. The van der Waals surface area contributed by atoms with E-state index >= 15 is 0 Å². The van der Waals surface area contributed by atoms with Gasteiger partial charge < -0.3 is 15.4 Å². The monoisotopic (exact) mass is 270 g/mol. The summed E-state index contributed by atoms with van der Waals surface area (Å²) < 4.78 is 6.41. The highest BCUT2D eigenvalue weighted by atomic mass is 79.9. The van der Waals surface area contributed by atoms with E-state index < -0.39 is 0 Å². The van der Waals surface area contributed by atoms with Crippen molar-refractivity contribution in [1.29, 1.82) is 0 Å². The normalized spacial score (nSPS) is 16.8. The van der Waals surface area contributed by atoms with Crippen LogP contribution in [0.2, 0.25) is 0 Å². The van der Waals surface area contributed by atoms with Crippen LogP contribution >= 0.6 is 15.9 Å². The molecule has 1 fully saturated rings. The summed E-state index contributed by atoms with van der Waals surface area (Å²) >= 11 is 3.57. The third-order valence-electron chi connectivity index (χ3n) is 2.60. The van der Waals surface area contributed by atoms with Gasteiger partial charge in [0.2, 0.25) is 0 Å². The molecule has 0 atom stereocenters. The van der Waals surface area contributed by atoms with Crippen LogP contribution in [0.4, 0.5) is 11.4 Å². The molecule has 1 heterocycles. The molecular formula is C11H15BrN2O. The third kappa shape index (κ3) is 2.26. The van der Waals surface area contributed by atoms with E-state index in [1.807, 2.05) is 12.1 Å². The number of morpholine rings is 1. The smallest absolute Gasteiger partial charge is 0.0642 e. The molecule has 0 amide bonds. The Labute approximate surface area is 98.3 Å². The van der Waals surface area contributed by atoms with Crippen LogP contribution < -0.4 is 10.6 Å².